The fourth-order valence-corrected chi connectivity index (χ4v) is 2.02. The summed E-state index contributed by atoms with van der Waals surface area (Å²) in [7, 11) is 0. The van der Waals surface area contributed by atoms with Crippen LogP contribution in [0.4, 0.5) is 0 Å². The second-order valence-electron chi connectivity index (χ2n) is 3.90. The van der Waals surface area contributed by atoms with Gasteiger partial charge in [0.15, 0.2) is 0 Å². The Labute approximate surface area is 110 Å². The molecule has 18 heavy (non-hydrogen) atoms. The van der Waals surface area contributed by atoms with E-state index in [1.54, 1.807) is 0 Å². The van der Waals surface area contributed by atoms with Gasteiger partial charge in [0, 0.05) is 12.6 Å². The molecular formula is C10H13BrN2O5. The number of aliphatic hydroxyl groups is 1. The molecule has 1 aliphatic rings. The van der Waals surface area contributed by atoms with Gasteiger partial charge in [-0.25, -0.2) is 4.79 Å². The third kappa shape index (κ3) is 2.89. The van der Waals surface area contributed by atoms with E-state index >= 15 is 0 Å². The number of rotatable bonds is 2. The van der Waals surface area contributed by atoms with Crippen LogP contribution in [0, 0.1) is 0 Å². The molecule has 8 heteroatoms. The van der Waals surface area contributed by atoms with Crippen LogP contribution in [0.5, 0.6) is 0 Å². The highest BCUT2D eigenvalue weighted by Crippen LogP contribution is 2.18. The molecule has 0 amide bonds. The van der Waals surface area contributed by atoms with Crippen molar-refractivity contribution in [2.45, 2.75) is 18.8 Å². The van der Waals surface area contributed by atoms with E-state index < -0.39 is 23.6 Å². The first-order valence-corrected chi connectivity index (χ1v) is 6.26. The highest BCUT2D eigenvalue weighted by Gasteiger charge is 2.23. The maximum absolute atomic E-state index is 11.7. The first-order valence-electron chi connectivity index (χ1n) is 5.47. The average Bonchev–Trinajstić information content (AvgIpc) is 2.59. The molecule has 2 rings (SSSR count). The molecule has 1 aromatic rings. The van der Waals surface area contributed by atoms with Gasteiger partial charge in [0.05, 0.1) is 24.3 Å². The maximum Gasteiger partial charge on any atom is 0.330 e. The van der Waals surface area contributed by atoms with Crippen molar-refractivity contribution in [1.82, 2.24) is 9.55 Å². The first-order chi connectivity index (χ1) is 8.61. The first kappa shape index (κ1) is 13.5. The zero-order chi connectivity index (χ0) is 13.1. The van der Waals surface area contributed by atoms with Crippen LogP contribution in [0.1, 0.15) is 12.6 Å². The smallest absolute Gasteiger partial charge is 0.330 e. The number of aliphatic hydroxyl groups excluding tert-OH is 1. The lowest BCUT2D eigenvalue weighted by atomic mass is 10.3. The molecule has 1 fully saturated rings. The minimum absolute atomic E-state index is 0.185. The van der Waals surface area contributed by atoms with Crippen molar-refractivity contribution >= 4 is 15.9 Å². The zero-order valence-electron chi connectivity index (χ0n) is 9.47. The number of nitrogens with zero attached hydrogens (tertiary/aromatic N) is 1. The molecule has 1 saturated heterocycles. The van der Waals surface area contributed by atoms with Crippen molar-refractivity contribution in [2.75, 3.05) is 19.8 Å². The van der Waals surface area contributed by atoms with Gasteiger partial charge in [0.1, 0.15) is 12.3 Å². The number of aromatic nitrogens is 2. The van der Waals surface area contributed by atoms with E-state index in [0.717, 1.165) is 0 Å². The minimum Gasteiger partial charge on any atom is -0.394 e. The fourth-order valence-electron chi connectivity index (χ4n) is 1.70. The quantitative estimate of drug-likeness (QED) is 0.773. The van der Waals surface area contributed by atoms with Crippen molar-refractivity contribution in [1.29, 1.82) is 0 Å². The van der Waals surface area contributed by atoms with Gasteiger partial charge in [-0.3, -0.25) is 14.3 Å². The van der Waals surface area contributed by atoms with Gasteiger partial charge >= 0.3 is 5.69 Å². The van der Waals surface area contributed by atoms with Crippen molar-refractivity contribution in [3.63, 3.8) is 0 Å². The van der Waals surface area contributed by atoms with Crippen molar-refractivity contribution in [3.05, 3.63) is 31.5 Å². The molecule has 1 aliphatic heterocycles. The van der Waals surface area contributed by atoms with Gasteiger partial charge in [0.25, 0.3) is 5.56 Å². The normalized spacial score (nSPS) is 24.8. The number of H-pyrrole nitrogens is 1. The van der Waals surface area contributed by atoms with Crippen LogP contribution in [0.15, 0.2) is 20.3 Å². The highest BCUT2D eigenvalue weighted by atomic mass is 79.9. The molecule has 100 valence electrons. The highest BCUT2D eigenvalue weighted by molar-refractivity contribution is 9.10. The van der Waals surface area contributed by atoms with Gasteiger partial charge in [-0.15, -0.1) is 0 Å². The van der Waals surface area contributed by atoms with Crippen LogP contribution >= 0.6 is 15.9 Å². The SMILES string of the molecule is O=c1[nH]c(=O)n(C2CCOCC(CO)O2)cc1Br. The minimum atomic E-state index is -0.565. The number of hydrogen-bond acceptors (Lipinski definition) is 5. The molecule has 0 aliphatic carbocycles. The molecule has 7 nitrogen and oxygen atoms in total. The molecular weight excluding hydrogens is 308 g/mol. The van der Waals surface area contributed by atoms with Crippen LogP contribution in [0.2, 0.25) is 0 Å². The lowest BCUT2D eigenvalue weighted by Gasteiger charge is -2.21. The zero-order valence-corrected chi connectivity index (χ0v) is 11.1. The van der Waals surface area contributed by atoms with Crippen LogP contribution in [-0.2, 0) is 9.47 Å². The Hall–Kier alpha value is -0.960. The molecule has 0 saturated carbocycles. The largest absolute Gasteiger partial charge is 0.394 e. The fraction of sp³-hybridized carbons (Fsp3) is 0.600. The lowest BCUT2D eigenvalue weighted by molar-refractivity contribution is -0.0766. The molecule has 2 atom stereocenters. The molecule has 2 unspecified atom stereocenters. The molecule has 0 radical (unpaired) electrons. The van der Waals surface area contributed by atoms with Crippen molar-refractivity contribution in [3.8, 4) is 0 Å². The van der Waals surface area contributed by atoms with Gasteiger partial charge in [0.2, 0.25) is 0 Å². The van der Waals surface area contributed by atoms with Crippen LogP contribution in [-0.4, -0.2) is 40.6 Å². The van der Waals surface area contributed by atoms with Crippen molar-refractivity contribution < 1.29 is 14.6 Å². The third-order valence-electron chi connectivity index (χ3n) is 2.60. The summed E-state index contributed by atoms with van der Waals surface area (Å²) >= 11 is 3.06. The number of halogens is 1. The molecule has 0 aromatic carbocycles. The number of nitrogens with one attached hydrogen (secondary N) is 1. The van der Waals surface area contributed by atoms with E-state index in [0.29, 0.717) is 13.0 Å². The summed E-state index contributed by atoms with van der Waals surface area (Å²) in [6.45, 7) is 0.520. The molecule has 0 spiro atoms. The van der Waals surface area contributed by atoms with E-state index in [-0.39, 0.29) is 17.7 Å². The molecule has 1 aromatic heterocycles. The van der Waals surface area contributed by atoms with E-state index in [4.69, 9.17) is 14.6 Å². The lowest BCUT2D eigenvalue weighted by Crippen LogP contribution is -2.35. The van der Waals surface area contributed by atoms with E-state index in [9.17, 15) is 9.59 Å². The Morgan fingerprint density at radius 3 is 3.06 bits per heavy atom. The van der Waals surface area contributed by atoms with Crippen LogP contribution < -0.4 is 11.2 Å². The Bertz CT molecular complexity index is 526. The predicted molar refractivity (Wildman–Crippen MR) is 65.5 cm³/mol. The molecule has 2 heterocycles. The van der Waals surface area contributed by atoms with Crippen molar-refractivity contribution in [2.24, 2.45) is 0 Å². The predicted octanol–water partition coefficient (Wildman–Crippen LogP) is -0.404. The summed E-state index contributed by atoms with van der Waals surface area (Å²) in [4.78, 5) is 25.1. The molecule has 0 bridgehead atoms. The second kappa shape index (κ2) is 5.79. The average molecular weight is 321 g/mol. The monoisotopic (exact) mass is 320 g/mol. The standard InChI is InChI=1S/C10H13BrN2O5/c11-7-3-13(10(16)12-9(7)15)8-1-2-17-5-6(4-14)18-8/h3,6,8,14H,1-2,4-5H2,(H,12,15,16). The summed E-state index contributed by atoms with van der Waals surface area (Å²) < 4.78 is 12.4. The summed E-state index contributed by atoms with van der Waals surface area (Å²) in [6.07, 6.45) is 0.806. The van der Waals surface area contributed by atoms with E-state index in [1.165, 1.54) is 10.8 Å². The second-order valence-corrected chi connectivity index (χ2v) is 4.76. The Morgan fingerprint density at radius 2 is 2.33 bits per heavy atom. The van der Waals surface area contributed by atoms with E-state index in [2.05, 4.69) is 20.9 Å². The van der Waals surface area contributed by atoms with Crippen LogP contribution in [0.25, 0.3) is 0 Å². The van der Waals surface area contributed by atoms with Gasteiger partial charge < -0.3 is 14.6 Å². The third-order valence-corrected chi connectivity index (χ3v) is 3.17. The maximum atomic E-state index is 11.7. The topological polar surface area (TPSA) is 93.6 Å². The summed E-state index contributed by atoms with van der Waals surface area (Å²) in [5.41, 5.74) is -1.04. The van der Waals surface area contributed by atoms with Crippen LogP contribution in [0.3, 0.4) is 0 Å². The van der Waals surface area contributed by atoms with Gasteiger partial charge in [-0.05, 0) is 15.9 Å². The Kier molecular flexibility index (Phi) is 4.33. The van der Waals surface area contributed by atoms with Gasteiger partial charge in [-0.2, -0.15) is 0 Å². The number of aromatic amines is 1. The summed E-state index contributed by atoms with van der Waals surface area (Å²) in [5.74, 6) is 0. The summed E-state index contributed by atoms with van der Waals surface area (Å²) in [5, 5.41) is 9.09. The van der Waals surface area contributed by atoms with Gasteiger partial charge in [-0.1, -0.05) is 0 Å². The Balaban J connectivity index is 2.32. The summed E-state index contributed by atoms with van der Waals surface area (Å²) in [6, 6.07) is 0. The number of hydrogen-bond donors (Lipinski definition) is 2. The molecule has 2 N–H and O–H groups in total. The Morgan fingerprint density at radius 1 is 1.56 bits per heavy atom. The number of ether oxygens (including phenoxy) is 2. The van der Waals surface area contributed by atoms with E-state index in [1.807, 2.05) is 0 Å².